The highest BCUT2D eigenvalue weighted by molar-refractivity contribution is 5.33. The molecule has 1 heterocycles. The van der Waals surface area contributed by atoms with E-state index in [0.717, 1.165) is 11.4 Å². The standard InChI is InChI=1S/C14H17N3O/c1-9(2)11-4-6-12(7-5-11)18-13-8-10(3)16-14(15)17-13/h4-9H,1-3H3,(H2,15,16,17). The van der Waals surface area contributed by atoms with E-state index in [-0.39, 0.29) is 5.95 Å². The van der Waals surface area contributed by atoms with Crippen LogP contribution in [0.5, 0.6) is 11.6 Å². The molecular weight excluding hydrogens is 226 g/mol. The van der Waals surface area contributed by atoms with E-state index in [0.29, 0.717) is 11.8 Å². The first-order chi connectivity index (χ1) is 8.54. The van der Waals surface area contributed by atoms with Crippen molar-refractivity contribution >= 4 is 5.95 Å². The van der Waals surface area contributed by atoms with E-state index < -0.39 is 0 Å². The Balaban J connectivity index is 2.18. The zero-order valence-corrected chi connectivity index (χ0v) is 10.8. The van der Waals surface area contributed by atoms with Crippen LogP contribution < -0.4 is 10.5 Å². The first kappa shape index (κ1) is 12.4. The van der Waals surface area contributed by atoms with Crippen molar-refractivity contribution in [3.8, 4) is 11.6 Å². The number of hydrogen-bond acceptors (Lipinski definition) is 4. The summed E-state index contributed by atoms with van der Waals surface area (Å²) in [5.74, 6) is 1.95. The van der Waals surface area contributed by atoms with Gasteiger partial charge in [-0.25, -0.2) is 4.98 Å². The summed E-state index contributed by atoms with van der Waals surface area (Å²) in [5, 5.41) is 0. The average Bonchev–Trinajstić information content (AvgIpc) is 2.28. The molecule has 2 rings (SSSR count). The minimum absolute atomic E-state index is 0.226. The van der Waals surface area contributed by atoms with Crippen molar-refractivity contribution in [2.75, 3.05) is 5.73 Å². The second-order valence-electron chi connectivity index (χ2n) is 4.53. The first-order valence-electron chi connectivity index (χ1n) is 5.93. The lowest BCUT2D eigenvalue weighted by Crippen LogP contribution is -1.98. The van der Waals surface area contributed by atoms with Crippen LogP contribution in [0.4, 0.5) is 5.95 Å². The minimum Gasteiger partial charge on any atom is -0.439 e. The molecule has 0 atom stereocenters. The smallest absolute Gasteiger partial charge is 0.224 e. The highest BCUT2D eigenvalue weighted by Crippen LogP contribution is 2.23. The summed E-state index contributed by atoms with van der Waals surface area (Å²) in [4.78, 5) is 8.03. The SMILES string of the molecule is Cc1cc(Oc2ccc(C(C)C)cc2)nc(N)n1. The predicted octanol–water partition coefficient (Wildman–Crippen LogP) is 3.28. The summed E-state index contributed by atoms with van der Waals surface area (Å²) in [7, 11) is 0. The maximum absolute atomic E-state index is 5.64. The lowest BCUT2D eigenvalue weighted by molar-refractivity contribution is 0.461. The van der Waals surface area contributed by atoms with Gasteiger partial charge in [-0.1, -0.05) is 26.0 Å². The monoisotopic (exact) mass is 243 g/mol. The van der Waals surface area contributed by atoms with Gasteiger partial charge >= 0.3 is 0 Å². The highest BCUT2D eigenvalue weighted by Gasteiger charge is 2.03. The third-order valence-corrected chi connectivity index (χ3v) is 2.62. The number of nitrogen functional groups attached to an aromatic ring is 1. The van der Waals surface area contributed by atoms with Crippen molar-refractivity contribution in [2.45, 2.75) is 26.7 Å². The van der Waals surface area contributed by atoms with Crippen LogP contribution in [0.15, 0.2) is 30.3 Å². The number of aromatic nitrogens is 2. The molecule has 0 aliphatic carbocycles. The number of ether oxygens (including phenoxy) is 1. The van der Waals surface area contributed by atoms with Crippen LogP contribution >= 0.6 is 0 Å². The van der Waals surface area contributed by atoms with Gasteiger partial charge in [0.25, 0.3) is 0 Å². The van der Waals surface area contributed by atoms with Gasteiger partial charge in [0.05, 0.1) is 0 Å². The van der Waals surface area contributed by atoms with E-state index in [1.165, 1.54) is 5.56 Å². The van der Waals surface area contributed by atoms with Crippen LogP contribution in [-0.4, -0.2) is 9.97 Å². The fraction of sp³-hybridized carbons (Fsp3) is 0.286. The fourth-order valence-corrected chi connectivity index (χ4v) is 1.66. The van der Waals surface area contributed by atoms with Crippen molar-refractivity contribution in [3.05, 3.63) is 41.6 Å². The Kier molecular flexibility index (Phi) is 3.46. The minimum atomic E-state index is 0.226. The maximum atomic E-state index is 5.64. The van der Waals surface area contributed by atoms with Gasteiger partial charge in [0.1, 0.15) is 5.75 Å². The molecule has 4 nitrogen and oxygen atoms in total. The number of anilines is 1. The van der Waals surface area contributed by atoms with Gasteiger partial charge in [-0.05, 0) is 30.5 Å². The van der Waals surface area contributed by atoms with Crippen molar-refractivity contribution in [1.82, 2.24) is 9.97 Å². The van der Waals surface area contributed by atoms with Crippen molar-refractivity contribution in [3.63, 3.8) is 0 Å². The quantitative estimate of drug-likeness (QED) is 0.898. The summed E-state index contributed by atoms with van der Waals surface area (Å²) in [5.41, 5.74) is 7.64. The van der Waals surface area contributed by atoms with Crippen molar-refractivity contribution in [2.24, 2.45) is 0 Å². The van der Waals surface area contributed by atoms with Crippen LogP contribution in [0, 0.1) is 6.92 Å². The highest BCUT2D eigenvalue weighted by atomic mass is 16.5. The van der Waals surface area contributed by atoms with E-state index in [1.807, 2.05) is 19.1 Å². The second kappa shape index (κ2) is 5.04. The largest absolute Gasteiger partial charge is 0.439 e. The summed E-state index contributed by atoms with van der Waals surface area (Å²) >= 11 is 0. The van der Waals surface area contributed by atoms with E-state index in [9.17, 15) is 0 Å². The lowest BCUT2D eigenvalue weighted by Gasteiger charge is -2.08. The summed E-state index contributed by atoms with van der Waals surface area (Å²) in [6.45, 7) is 6.17. The van der Waals surface area contributed by atoms with Gasteiger partial charge in [0.15, 0.2) is 0 Å². The number of rotatable bonds is 3. The Morgan fingerprint density at radius 2 is 1.78 bits per heavy atom. The Hall–Kier alpha value is -2.10. The van der Waals surface area contributed by atoms with Crippen LogP contribution in [0.25, 0.3) is 0 Å². The molecule has 0 fully saturated rings. The van der Waals surface area contributed by atoms with Gasteiger partial charge in [-0.2, -0.15) is 4.98 Å². The predicted molar refractivity (Wildman–Crippen MR) is 71.8 cm³/mol. The molecule has 0 aliphatic rings. The van der Waals surface area contributed by atoms with Gasteiger partial charge in [0, 0.05) is 11.8 Å². The van der Waals surface area contributed by atoms with Crippen LogP contribution in [0.1, 0.15) is 31.0 Å². The van der Waals surface area contributed by atoms with Gasteiger partial charge < -0.3 is 10.5 Å². The van der Waals surface area contributed by atoms with Crippen LogP contribution in [0.2, 0.25) is 0 Å². The van der Waals surface area contributed by atoms with E-state index in [4.69, 9.17) is 10.5 Å². The molecule has 4 heteroatoms. The molecule has 1 aromatic carbocycles. The third-order valence-electron chi connectivity index (χ3n) is 2.62. The molecule has 0 aliphatic heterocycles. The van der Waals surface area contributed by atoms with Gasteiger partial charge in [0.2, 0.25) is 11.8 Å². The Bertz CT molecular complexity index is 515. The molecule has 2 aromatic rings. The maximum Gasteiger partial charge on any atom is 0.224 e. The number of aryl methyl sites for hydroxylation is 1. The molecular formula is C14H17N3O. The number of nitrogens with two attached hydrogens (primary N) is 1. The number of hydrogen-bond donors (Lipinski definition) is 1. The Morgan fingerprint density at radius 1 is 1.11 bits per heavy atom. The van der Waals surface area contributed by atoms with Crippen LogP contribution in [0.3, 0.4) is 0 Å². The molecule has 0 spiro atoms. The molecule has 0 saturated heterocycles. The molecule has 0 amide bonds. The molecule has 94 valence electrons. The topological polar surface area (TPSA) is 61.0 Å². The zero-order chi connectivity index (χ0) is 13.1. The van der Waals surface area contributed by atoms with Crippen molar-refractivity contribution in [1.29, 1.82) is 0 Å². The normalized spacial score (nSPS) is 10.7. The fourth-order valence-electron chi connectivity index (χ4n) is 1.66. The molecule has 0 bridgehead atoms. The molecule has 2 N–H and O–H groups in total. The first-order valence-corrected chi connectivity index (χ1v) is 5.93. The second-order valence-corrected chi connectivity index (χ2v) is 4.53. The third kappa shape index (κ3) is 2.97. The molecule has 0 radical (unpaired) electrons. The molecule has 1 aromatic heterocycles. The van der Waals surface area contributed by atoms with Gasteiger partial charge in [-0.15, -0.1) is 0 Å². The number of benzene rings is 1. The van der Waals surface area contributed by atoms with Crippen LogP contribution in [-0.2, 0) is 0 Å². The summed E-state index contributed by atoms with van der Waals surface area (Å²) in [6, 6.07) is 9.73. The lowest BCUT2D eigenvalue weighted by atomic mass is 10.0. The zero-order valence-electron chi connectivity index (χ0n) is 10.8. The summed E-state index contributed by atoms with van der Waals surface area (Å²) in [6.07, 6.45) is 0. The van der Waals surface area contributed by atoms with Crippen molar-refractivity contribution < 1.29 is 4.74 Å². The van der Waals surface area contributed by atoms with E-state index >= 15 is 0 Å². The molecule has 0 unspecified atom stereocenters. The summed E-state index contributed by atoms with van der Waals surface area (Å²) < 4.78 is 5.64. The Morgan fingerprint density at radius 3 is 2.33 bits per heavy atom. The molecule has 18 heavy (non-hydrogen) atoms. The van der Waals surface area contributed by atoms with Gasteiger partial charge in [-0.3, -0.25) is 0 Å². The molecule has 0 saturated carbocycles. The number of nitrogens with zero attached hydrogens (tertiary/aromatic N) is 2. The van der Waals surface area contributed by atoms with E-state index in [2.05, 4.69) is 35.9 Å². The average molecular weight is 243 g/mol. The van der Waals surface area contributed by atoms with E-state index in [1.54, 1.807) is 6.07 Å². The Labute approximate surface area is 107 Å².